The summed E-state index contributed by atoms with van der Waals surface area (Å²) in [7, 11) is -2.15. The zero-order chi connectivity index (χ0) is 22.7. The molecule has 2 aromatic carbocycles. The van der Waals surface area contributed by atoms with Crippen LogP contribution in [0.3, 0.4) is 0 Å². The highest BCUT2D eigenvalue weighted by Gasteiger charge is 2.52. The van der Waals surface area contributed by atoms with Crippen LogP contribution in [0.4, 0.5) is 0 Å². The number of aryl methyl sites for hydroxylation is 1. The minimum Gasteiger partial charge on any atom is -0.255 e. The van der Waals surface area contributed by atoms with E-state index in [1.54, 1.807) is 0 Å². The smallest absolute Gasteiger partial charge is 0.126 e. The van der Waals surface area contributed by atoms with Crippen LogP contribution in [0.1, 0.15) is 5.56 Å². The third kappa shape index (κ3) is 3.88. The quantitative estimate of drug-likeness (QED) is 0.363. The first-order valence-corrected chi connectivity index (χ1v) is 13.0. The van der Waals surface area contributed by atoms with Crippen LogP contribution >= 0.6 is 7.26 Å². The maximum absolute atomic E-state index is 4.72. The Morgan fingerprint density at radius 2 is 1.30 bits per heavy atom. The maximum Gasteiger partial charge on any atom is 0.126 e. The summed E-state index contributed by atoms with van der Waals surface area (Å²) in [4.78, 5) is 9.33. The van der Waals surface area contributed by atoms with E-state index in [9.17, 15) is 0 Å². The van der Waals surface area contributed by atoms with E-state index in [1.165, 1.54) is 21.5 Å². The number of hydrogen-bond acceptors (Lipinski definition) is 2. The van der Waals surface area contributed by atoms with Crippen molar-refractivity contribution in [2.24, 2.45) is 0 Å². The molecule has 0 aliphatic heterocycles. The van der Waals surface area contributed by atoms with Crippen LogP contribution in [-0.2, 0) is 0 Å². The maximum atomic E-state index is 4.72. The van der Waals surface area contributed by atoms with Crippen LogP contribution in [0.15, 0.2) is 134 Å². The predicted octanol–water partition coefficient (Wildman–Crippen LogP) is 5.80. The third-order valence-corrected chi connectivity index (χ3v) is 10.8. The lowest BCUT2D eigenvalue weighted by atomic mass is 10.1. The van der Waals surface area contributed by atoms with Crippen molar-refractivity contribution < 1.29 is 0 Å². The molecule has 2 aromatic heterocycles. The van der Waals surface area contributed by atoms with Gasteiger partial charge in [0.2, 0.25) is 0 Å². The lowest BCUT2D eigenvalue weighted by Gasteiger charge is -2.34. The van der Waals surface area contributed by atoms with Crippen LogP contribution in [0.5, 0.6) is 0 Å². The van der Waals surface area contributed by atoms with Crippen LogP contribution in [0, 0.1) is 6.92 Å². The fraction of sp³-hybridized carbons (Fsp3) is 0.0667. The normalized spacial score (nSPS) is 15.5. The highest BCUT2D eigenvalue weighted by atomic mass is 31.2. The number of pyridine rings is 2. The highest BCUT2D eigenvalue weighted by molar-refractivity contribution is 7.96. The van der Waals surface area contributed by atoms with Gasteiger partial charge in [-0.2, -0.15) is 0 Å². The molecule has 2 heterocycles. The summed E-state index contributed by atoms with van der Waals surface area (Å²) in [6, 6.07) is 30.4. The predicted molar refractivity (Wildman–Crippen MR) is 142 cm³/mol. The van der Waals surface area contributed by atoms with E-state index in [2.05, 4.69) is 122 Å². The molecule has 0 spiro atoms. The topological polar surface area (TPSA) is 25.8 Å². The molecule has 1 atom stereocenters. The Balaban J connectivity index is 1.83. The van der Waals surface area contributed by atoms with Crippen molar-refractivity contribution in [1.82, 2.24) is 9.97 Å². The van der Waals surface area contributed by atoms with E-state index in [0.717, 1.165) is 17.0 Å². The van der Waals surface area contributed by atoms with E-state index >= 15 is 0 Å². The second-order valence-corrected chi connectivity index (χ2v) is 11.8. The van der Waals surface area contributed by atoms with Crippen molar-refractivity contribution in [3.8, 4) is 11.4 Å². The number of hydrogen-bond donors (Lipinski definition) is 0. The molecule has 1 unspecified atom stereocenters. The Morgan fingerprint density at radius 3 is 1.91 bits per heavy atom. The molecule has 3 heteroatoms. The first kappa shape index (κ1) is 21.2. The standard InChI is InChI=1S/C30H26N2P/c1-23-17-19-31-28(21-23)29-22-27(18-20-32-29)33(25-12-5-3-6-13-25,26-14-7-4-8-15-26)30-16-10-9-11-24(30)2/h3-22,30H,2H2,1H3/q+1. The lowest BCUT2D eigenvalue weighted by Crippen LogP contribution is -2.39. The van der Waals surface area contributed by atoms with Gasteiger partial charge in [0.05, 0.1) is 11.4 Å². The van der Waals surface area contributed by atoms with E-state index in [0.29, 0.717) is 0 Å². The van der Waals surface area contributed by atoms with Crippen molar-refractivity contribution in [2.75, 3.05) is 0 Å². The molecule has 160 valence electrons. The largest absolute Gasteiger partial charge is 0.255 e. The first-order chi connectivity index (χ1) is 16.2. The first-order valence-electron chi connectivity index (χ1n) is 11.1. The Bertz CT molecular complexity index is 1300. The lowest BCUT2D eigenvalue weighted by molar-refractivity contribution is 1.23. The van der Waals surface area contributed by atoms with Crippen LogP contribution in [0.25, 0.3) is 11.4 Å². The minimum atomic E-state index is -2.15. The van der Waals surface area contributed by atoms with Gasteiger partial charge in [-0.3, -0.25) is 9.97 Å². The number of allylic oxidation sites excluding steroid dienone is 5. The van der Waals surface area contributed by atoms with Gasteiger partial charge in [0.1, 0.15) is 28.8 Å². The molecular weight excluding hydrogens is 419 g/mol. The molecule has 0 saturated carbocycles. The van der Waals surface area contributed by atoms with Crippen molar-refractivity contribution in [2.45, 2.75) is 12.6 Å². The minimum absolute atomic E-state index is 0.160. The molecular formula is C30H26N2P+. The number of benzene rings is 2. The summed E-state index contributed by atoms with van der Waals surface area (Å²) in [5.41, 5.74) is 4.26. The monoisotopic (exact) mass is 445 g/mol. The summed E-state index contributed by atoms with van der Waals surface area (Å²) in [6.45, 7) is 6.58. The molecule has 1 aliphatic carbocycles. The molecule has 1 aliphatic rings. The van der Waals surface area contributed by atoms with Gasteiger partial charge in [-0.1, -0.05) is 61.2 Å². The zero-order valence-electron chi connectivity index (χ0n) is 18.7. The number of nitrogens with zero attached hydrogens (tertiary/aromatic N) is 2. The summed E-state index contributed by atoms with van der Waals surface area (Å²) in [6.07, 6.45) is 12.5. The molecule has 33 heavy (non-hydrogen) atoms. The van der Waals surface area contributed by atoms with Gasteiger partial charge in [-0.25, -0.2) is 0 Å². The Kier molecular flexibility index (Phi) is 5.86. The Labute approximate surface area is 196 Å². The van der Waals surface area contributed by atoms with Gasteiger partial charge in [-0.05, 0) is 66.6 Å². The summed E-state index contributed by atoms with van der Waals surface area (Å²) < 4.78 is 0. The fourth-order valence-electron chi connectivity index (χ4n) is 4.66. The van der Waals surface area contributed by atoms with Crippen LogP contribution in [0.2, 0.25) is 0 Å². The summed E-state index contributed by atoms with van der Waals surface area (Å²) in [5.74, 6) is 0. The van der Waals surface area contributed by atoms with E-state index in [4.69, 9.17) is 4.98 Å². The van der Waals surface area contributed by atoms with Crippen LogP contribution in [-0.4, -0.2) is 15.6 Å². The molecule has 5 rings (SSSR count). The van der Waals surface area contributed by atoms with Gasteiger partial charge in [0.25, 0.3) is 0 Å². The van der Waals surface area contributed by atoms with Gasteiger partial charge >= 0.3 is 0 Å². The molecule has 0 N–H and O–H groups in total. The summed E-state index contributed by atoms with van der Waals surface area (Å²) in [5, 5.41) is 3.94. The second kappa shape index (κ2) is 9.10. The SMILES string of the molecule is C=C1C=CC=CC1[P+](c1ccccc1)(c1ccccc1)c1ccnc(-c2cc(C)ccn2)c1. The molecule has 0 fully saturated rings. The van der Waals surface area contributed by atoms with Gasteiger partial charge in [-0.15, -0.1) is 0 Å². The van der Waals surface area contributed by atoms with E-state index in [1.807, 2.05) is 18.5 Å². The average Bonchev–Trinajstić information content (AvgIpc) is 2.87. The Hall–Kier alpha value is -3.61. The van der Waals surface area contributed by atoms with Crippen molar-refractivity contribution in [3.63, 3.8) is 0 Å². The fourth-order valence-corrected chi connectivity index (χ4v) is 9.37. The van der Waals surface area contributed by atoms with Crippen molar-refractivity contribution in [3.05, 3.63) is 139 Å². The zero-order valence-corrected chi connectivity index (χ0v) is 19.6. The third-order valence-electron chi connectivity index (χ3n) is 6.17. The van der Waals surface area contributed by atoms with Gasteiger partial charge in [0.15, 0.2) is 0 Å². The molecule has 0 saturated heterocycles. The molecule has 0 amide bonds. The average molecular weight is 446 g/mol. The molecule has 0 radical (unpaired) electrons. The second-order valence-electron chi connectivity index (χ2n) is 8.28. The van der Waals surface area contributed by atoms with Gasteiger partial charge < -0.3 is 0 Å². The van der Waals surface area contributed by atoms with E-state index < -0.39 is 7.26 Å². The van der Waals surface area contributed by atoms with Gasteiger partial charge in [0, 0.05) is 18.5 Å². The highest BCUT2D eigenvalue weighted by Crippen LogP contribution is 2.62. The van der Waals surface area contributed by atoms with E-state index in [-0.39, 0.29) is 5.66 Å². The number of aromatic nitrogens is 2. The molecule has 4 aromatic rings. The molecule has 0 bridgehead atoms. The van der Waals surface area contributed by atoms with Crippen molar-refractivity contribution >= 4 is 23.2 Å². The summed E-state index contributed by atoms with van der Waals surface area (Å²) >= 11 is 0. The molecule has 2 nitrogen and oxygen atoms in total. The Morgan fingerprint density at radius 1 is 0.697 bits per heavy atom. The van der Waals surface area contributed by atoms with Crippen LogP contribution < -0.4 is 15.9 Å². The number of rotatable bonds is 5. The van der Waals surface area contributed by atoms with Crippen molar-refractivity contribution in [1.29, 1.82) is 0 Å².